The Bertz CT molecular complexity index is 2160. The second kappa shape index (κ2) is 21.2. The number of nitrogens with one attached hydrogen (secondary N) is 2. The number of nitrogens with zero attached hydrogens (tertiary/aromatic N) is 4. The zero-order chi connectivity index (χ0) is 43.5. The summed E-state index contributed by atoms with van der Waals surface area (Å²) < 4.78 is 51.0. The van der Waals surface area contributed by atoms with Crippen molar-refractivity contribution >= 4 is 35.0 Å². The summed E-state index contributed by atoms with van der Waals surface area (Å²) in [5.74, 6) is -0.297. The molecule has 7 rings (SSSR count). The molecule has 0 unspecified atom stereocenters. The fourth-order valence-corrected chi connectivity index (χ4v) is 7.46. The molecule has 61 heavy (non-hydrogen) atoms. The lowest BCUT2D eigenvalue weighted by atomic mass is 9.90. The number of aromatic nitrogens is 2. The van der Waals surface area contributed by atoms with Crippen molar-refractivity contribution in [2.24, 2.45) is 5.92 Å². The lowest BCUT2D eigenvalue weighted by Crippen LogP contribution is -2.60. The average Bonchev–Trinajstić information content (AvgIpc) is 3.71. The van der Waals surface area contributed by atoms with Crippen molar-refractivity contribution < 1.29 is 42.1 Å². The van der Waals surface area contributed by atoms with Gasteiger partial charge in [-0.25, -0.2) is 0 Å². The summed E-state index contributed by atoms with van der Waals surface area (Å²) in [4.78, 5) is 38.9. The van der Waals surface area contributed by atoms with Crippen LogP contribution in [0.2, 0.25) is 10.0 Å². The largest absolute Gasteiger partial charge is 0.490 e. The number of alkyl halides is 3. The van der Waals surface area contributed by atoms with Crippen LogP contribution in [-0.4, -0.2) is 106 Å². The predicted octanol–water partition coefficient (Wildman–Crippen LogP) is 6.42. The van der Waals surface area contributed by atoms with Crippen LogP contribution in [0.5, 0.6) is 5.75 Å². The summed E-state index contributed by atoms with van der Waals surface area (Å²) in [6.07, 6.45) is -3.31. The number of carbonyl (C=O) groups excluding carboxylic acids is 2. The van der Waals surface area contributed by atoms with Gasteiger partial charge in [-0.2, -0.15) is 13.2 Å². The van der Waals surface area contributed by atoms with E-state index < -0.39 is 48.8 Å². The van der Waals surface area contributed by atoms with E-state index in [1.807, 2.05) is 59.6 Å². The van der Waals surface area contributed by atoms with Gasteiger partial charge in [-0.1, -0.05) is 71.7 Å². The Hall–Kier alpha value is -5.03. The van der Waals surface area contributed by atoms with Crippen molar-refractivity contribution in [2.75, 3.05) is 39.3 Å². The van der Waals surface area contributed by atoms with E-state index in [2.05, 4.69) is 15.3 Å². The maximum absolute atomic E-state index is 13.9. The Labute approximate surface area is 361 Å². The van der Waals surface area contributed by atoms with Crippen molar-refractivity contribution in [3.8, 4) is 17.2 Å². The number of aryl methyl sites for hydroxylation is 1. The second-order valence-electron chi connectivity index (χ2n) is 15.0. The third-order valence-electron chi connectivity index (χ3n) is 10.3. The van der Waals surface area contributed by atoms with Gasteiger partial charge in [-0.05, 0) is 67.8 Å². The maximum atomic E-state index is 13.9. The molecule has 5 atom stereocenters. The molecule has 0 radical (unpaired) electrons. The van der Waals surface area contributed by atoms with E-state index in [1.165, 1.54) is 6.20 Å². The highest BCUT2D eigenvalue weighted by molar-refractivity contribution is 6.30. The third-order valence-corrected chi connectivity index (χ3v) is 10.7. The van der Waals surface area contributed by atoms with E-state index >= 15 is 0 Å². The van der Waals surface area contributed by atoms with Gasteiger partial charge in [0.15, 0.2) is 5.76 Å². The Morgan fingerprint density at radius 1 is 0.934 bits per heavy atom. The number of aliphatic hydroxyl groups excluding tert-OH is 2. The number of pyridine rings is 2. The van der Waals surface area contributed by atoms with Gasteiger partial charge >= 0.3 is 6.18 Å². The number of para-hydroxylation sites is 1. The standard InChI is InChI=1S/C38H41ClF3N5O6.C6H6ClN/c39-26-10-12-30(43-18-26)34-13-11-28(53-34)20-46-14-15-47(31(21-46)37(51)44-23-38(40,41)42)19-27(48)17-25(16-24-6-2-1-3-7-24)36(50)45-35-29-8-4-5-9-33(29)52-22-32(35)49;1-5-2-3-6(7)4-8-5/h1-13,18,25,27,31-32,35,48-49H,14-17,19-23H2,(H,44,51)(H,45,50);2-4H,1H3/t25-,27+,31+,32-,35+;/m1./s1. The number of carbonyl (C=O) groups is 2. The SMILES string of the molecule is Cc1ccc(Cl)cn1.O=C(N[C@H]1c2ccccc2OC[C@H]1O)[C@H](Cc1ccccc1)C[C@H](O)CN1CCN(Cc2ccc(-c3ccc(Cl)cn3)o2)C[C@H]1C(=O)NCC(F)(F)F. The van der Waals surface area contributed by atoms with Gasteiger partial charge < -0.3 is 30.0 Å². The van der Waals surface area contributed by atoms with Crippen LogP contribution in [0.3, 0.4) is 0 Å². The van der Waals surface area contributed by atoms with Crippen LogP contribution in [0.25, 0.3) is 11.5 Å². The topological polar surface area (TPSA) is 153 Å². The molecular formula is C44H47Cl2F3N6O6. The molecule has 3 aromatic heterocycles. The zero-order valence-corrected chi connectivity index (χ0v) is 34.8. The Morgan fingerprint density at radius 3 is 2.34 bits per heavy atom. The highest BCUT2D eigenvalue weighted by Crippen LogP contribution is 2.33. The summed E-state index contributed by atoms with van der Waals surface area (Å²) in [6, 6.07) is 25.3. The molecule has 0 saturated carbocycles. The highest BCUT2D eigenvalue weighted by Gasteiger charge is 2.38. The number of rotatable bonds is 13. The van der Waals surface area contributed by atoms with Crippen LogP contribution in [0.4, 0.5) is 13.2 Å². The molecule has 5 aromatic rings. The molecule has 2 aromatic carbocycles. The van der Waals surface area contributed by atoms with Gasteiger partial charge in [-0.3, -0.25) is 29.4 Å². The van der Waals surface area contributed by atoms with E-state index in [0.717, 1.165) is 11.3 Å². The van der Waals surface area contributed by atoms with Gasteiger partial charge in [-0.15, -0.1) is 0 Å². The van der Waals surface area contributed by atoms with E-state index in [9.17, 15) is 33.0 Å². The highest BCUT2D eigenvalue weighted by atomic mass is 35.5. The number of furan rings is 1. The molecule has 1 fully saturated rings. The molecule has 0 bridgehead atoms. The van der Waals surface area contributed by atoms with Crippen LogP contribution in [0, 0.1) is 12.8 Å². The molecule has 1 saturated heterocycles. The zero-order valence-electron chi connectivity index (χ0n) is 33.3. The van der Waals surface area contributed by atoms with Crippen molar-refractivity contribution in [3.05, 3.63) is 136 Å². The van der Waals surface area contributed by atoms with E-state index in [0.29, 0.717) is 45.1 Å². The minimum absolute atomic E-state index is 0.00164. The Kier molecular flexibility index (Phi) is 15.8. The third kappa shape index (κ3) is 13.5. The van der Waals surface area contributed by atoms with Crippen LogP contribution in [0.1, 0.15) is 35.0 Å². The first kappa shape index (κ1) is 45.5. The number of fused-ring (bicyclic) bond motifs is 1. The molecule has 0 spiro atoms. The molecule has 4 N–H and O–H groups in total. The molecule has 12 nitrogen and oxygen atoms in total. The van der Waals surface area contributed by atoms with Crippen molar-refractivity contribution in [3.63, 3.8) is 0 Å². The fourth-order valence-electron chi connectivity index (χ4n) is 7.23. The maximum Gasteiger partial charge on any atom is 0.405 e. The van der Waals surface area contributed by atoms with Crippen molar-refractivity contribution in [1.82, 2.24) is 30.4 Å². The normalized spacial score (nSPS) is 19.0. The quantitative estimate of drug-likeness (QED) is 0.104. The first-order chi connectivity index (χ1) is 29.2. The van der Waals surface area contributed by atoms with Crippen LogP contribution < -0.4 is 15.4 Å². The van der Waals surface area contributed by atoms with Gasteiger partial charge in [0.1, 0.15) is 42.5 Å². The predicted molar refractivity (Wildman–Crippen MR) is 224 cm³/mol. The summed E-state index contributed by atoms with van der Waals surface area (Å²) in [6.45, 7) is 1.41. The molecule has 5 heterocycles. The second-order valence-corrected chi connectivity index (χ2v) is 15.9. The smallest absolute Gasteiger partial charge is 0.405 e. The molecule has 2 aliphatic heterocycles. The summed E-state index contributed by atoms with van der Waals surface area (Å²) >= 11 is 11.5. The van der Waals surface area contributed by atoms with Crippen molar-refractivity contribution in [1.29, 1.82) is 0 Å². The summed E-state index contributed by atoms with van der Waals surface area (Å²) in [7, 11) is 0. The van der Waals surface area contributed by atoms with E-state index in [4.69, 9.17) is 32.4 Å². The van der Waals surface area contributed by atoms with Crippen LogP contribution in [-0.2, 0) is 22.6 Å². The lowest BCUT2D eigenvalue weighted by molar-refractivity contribution is -0.143. The fraction of sp³-hybridized carbons (Fsp3) is 0.364. The van der Waals surface area contributed by atoms with Gasteiger partial charge in [0, 0.05) is 55.7 Å². The minimum Gasteiger partial charge on any atom is -0.490 e. The monoisotopic (exact) mass is 882 g/mol. The molecule has 324 valence electrons. The first-order valence-corrected chi connectivity index (χ1v) is 20.5. The number of hydrogen-bond acceptors (Lipinski definition) is 10. The molecular weight excluding hydrogens is 836 g/mol. The van der Waals surface area contributed by atoms with Gasteiger partial charge in [0.2, 0.25) is 11.8 Å². The molecule has 17 heteroatoms. The molecule has 0 aliphatic carbocycles. The molecule has 2 aliphatic rings. The van der Waals surface area contributed by atoms with Crippen molar-refractivity contribution in [2.45, 2.75) is 56.8 Å². The molecule has 2 amide bonds. The van der Waals surface area contributed by atoms with Crippen LogP contribution in [0.15, 0.2) is 108 Å². The summed E-state index contributed by atoms with van der Waals surface area (Å²) in [5, 5.41) is 28.4. The Balaban J connectivity index is 0.000000698. The van der Waals surface area contributed by atoms with E-state index in [-0.39, 0.29) is 51.5 Å². The number of hydrogen-bond donors (Lipinski definition) is 4. The average molecular weight is 884 g/mol. The van der Waals surface area contributed by atoms with E-state index in [1.54, 1.807) is 59.6 Å². The summed E-state index contributed by atoms with van der Waals surface area (Å²) in [5.41, 5.74) is 3.07. The van der Waals surface area contributed by atoms with Crippen LogP contribution >= 0.6 is 23.2 Å². The first-order valence-electron chi connectivity index (χ1n) is 19.7. The Morgan fingerprint density at radius 2 is 1.66 bits per heavy atom. The lowest BCUT2D eigenvalue weighted by Gasteiger charge is -2.41. The number of piperazine rings is 1. The number of aliphatic hydroxyl groups is 2. The minimum atomic E-state index is -4.61. The number of ether oxygens (including phenoxy) is 1. The number of β-amino-alcohol motifs (C(OH)–C–C–N with tert-alkyl or cyclic N) is 1. The number of benzene rings is 2. The number of amides is 2. The number of halogens is 5. The van der Waals surface area contributed by atoms with Gasteiger partial charge in [0.25, 0.3) is 0 Å². The van der Waals surface area contributed by atoms with Gasteiger partial charge in [0.05, 0.1) is 28.7 Å².